The summed E-state index contributed by atoms with van der Waals surface area (Å²) in [5.74, 6) is 1.39. The number of anilines is 1. The molecule has 2 heterocycles. The minimum Gasteiger partial charge on any atom is -0.497 e. The lowest BCUT2D eigenvalue weighted by molar-refractivity contribution is 0.398. The van der Waals surface area contributed by atoms with Gasteiger partial charge < -0.3 is 19.7 Å². The van der Waals surface area contributed by atoms with Crippen LogP contribution in [0.25, 0.3) is 0 Å². The van der Waals surface area contributed by atoms with Crippen LogP contribution in [0.4, 0.5) is 5.69 Å². The Bertz CT molecular complexity index is 865. The van der Waals surface area contributed by atoms with Crippen LogP contribution in [-0.2, 0) is 13.1 Å². The number of aromatic nitrogens is 2. The number of ether oxygens (including phenoxy) is 2. The number of nitrogens with one attached hydrogen (secondary N) is 1. The van der Waals surface area contributed by atoms with Crippen LogP contribution in [0, 0.1) is 0 Å². The molecule has 0 saturated heterocycles. The van der Waals surface area contributed by atoms with Crippen LogP contribution in [-0.4, -0.2) is 34.2 Å². The lowest BCUT2D eigenvalue weighted by Gasteiger charge is -2.26. The molecule has 0 spiro atoms. The number of hydrogen-bond acceptors (Lipinski definition) is 5. The summed E-state index contributed by atoms with van der Waals surface area (Å²) < 4.78 is 10.8. The van der Waals surface area contributed by atoms with Crippen molar-refractivity contribution in [2.45, 2.75) is 13.1 Å². The van der Waals surface area contributed by atoms with Gasteiger partial charge in [0.15, 0.2) is 5.11 Å². The van der Waals surface area contributed by atoms with Crippen molar-refractivity contribution >= 4 is 23.0 Å². The van der Waals surface area contributed by atoms with E-state index in [1.165, 1.54) is 0 Å². The number of hydrogen-bond donors (Lipinski definition) is 1. The minimum absolute atomic E-state index is 0.544. The smallest absolute Gasteiger partial charge is 0.174 e. The minimum atomic E-state index is 0.544. The van der Waals surface area contributed by atoms with Gasteiger partial charge in [0.25, 0.3) is 0 Å². The quantitative estimate of drug-likeness (QED) is 0.610. The van der Waals surface area contributed by atoms with Gasteiger partial charge in [-0.1, -0.05) is 12.1 Å². The molecule has 0 amide bonds. The zero-order valence-corrected chi connectivity index (χ0v) is 16.6. The third-order valence-electron chi connectivity index (χ3n) is 4.09. The van der Waals surface area contributed by atoms with Crippen LogP contribution in [0.5, 0.6) is 11.5 Å². The van der Waals surface area contributed by atoms with Crippen molar-refractivity contribution in [1.82, 2.24) is 14.9 Å². The standard InChI is InChI=1S/C21H22N4O2S/c1-26-18-9-10-20(27-2)19(13-18)24-21(28)25(14-16-7-3-5-11-22-16)15-17-8-4-6-12-23-17/h3-13H,14-15H2,1-2H3,(H,24,28). The van der Waals surface area contributed by atoms with E-state index in [9.17, 15) is 0 Å². The van der Waals surface area contributed by atoms with Crippen molar-refractivity contribution in [3.63, 3.8) is 0 Å². The summed E-state index contributed by atoms with van der Waals surface area (Å²) in [6.07, 6.45) is 3.55. The first-order valence-corrected chi connectivity index (χ1v) is 9.18. The Kier molecular flexibility index (Phi) is 6.75. The Balaban J connectivity index is 1.83. The summed E-state index contributed by atoms with van der Waals surface area (Å²) in [7, 11) is 3.24. The molecule has 28 heavy (non-hydrogen) atoms. The second kappa shape index (κ2) is 9.66. The second-order valence-corrected chi connectivity index (χ2v) is 6.38. The van der Waals surface area contributed by atoms with Gasteiger partial charge in [-0.3, -0.25) is 9.97 Å². The molecule has 0 aliphatic carbocycles. The third-order valence-corrected chi connectivity index (χ3v) is 4.45. The van der Waals surface area contributed by atoms with E-state index in [1.54, 1.807) is 26.6 Å². The average Bonchev–Trinajstić information content (AvgIpc) is 2.74. The molecule has 6 nitrogen and oxygen atoms in total. The Morgan fingerprint density at radius 3 is 2.07 bits per heavy atom. The highest BCUT2D eigenvalue weighted by atomic mass is 32.1. The lowest BCUT2D eigenvalue weighted by atomic mass is 10.2. The normalized spacial score (nSPS) is 10.2. The second-order valence-electron chi connectivity index (χ2n) is 5.99. The van der Waals surface area contributed by atoms with E-state index in [4.69, 9.17) is 21.7 Å². The van der Waals surface area contributed by atoms with E-state index in [1.807, 2.05) is 59.5 Å². The summed E-state index contributed by atoms with van der Waals surface area (Å²) in [4.78, 5) is 10.8. The zero-order chi connectivity index (χ0) is 19.8. The van der Waals surface area contributed by atoms with Crippen molar-refractivity contribution in [3.8, 4) is 11.5 Å². The monoisotopic (exact) mass is 394 g/mol. The zero-order valence-electron chi connectivity index (χ0n) is 15.8. The molecule has 2 aromatic heterocycles. The summed E-state index contributed by atoms with van der Waals surface area (Å²) in [5.41, 5.74) is 2.57. The molecule has 144 valence electrons. The first kappa shape index (κ1) is 19.6. The number of nitrogens with zero attached hydrogens (tertiary/aromatic N) is 3. The van der Waals surface area contributed by atoms with E-state index in [2.05, 4.69) is 15.3 Å². The highest BCUT2D eigenvalue weighted by Crippen LogP contribution is 2.29. The van der Waals surface area contributed by atoms with Crippen molar-refractivity contribution in [3.05, 3.63) is 78.4 Å². The molecule has 1 N–H and O–H groups in total. The van der Waals surface area contributed by atoms with E-state index in [0.29, 0.717) is 29.7 Å². The fraction of sp³-hybridized carbons (Fsp3) is 0.190. The maximum Gasteiger partial charge on any atom is 0.174 e. The SMILES string of the molecule is COc1ccc(OC)c(NC(=S)N(Cc2ccccn2)Cc2ccccn2)c1. The van der Waals surface area contributed by atoms with E-state index < -0.39 is 0 Å². The molecule has 0 bridgehead atoms. The summed E-state index contributed by atoms with van der Waals surface area (Å²) >= 11 is 5.71. The highest BCUT2D eigenvalue weighted by molar-refractivity contribution is 7.80. The molecular weight excluding hydrogens is 372 g/mol. The molecule has 0 unspecified atom stereocenters. The van der Waals surface area contributed by atoms with Crippen LogP contribution in [0.3, 0.4) is 0 Å². The molecule has 1 aromatic carbocycles. The number of benzene rings is 1. The Labute approximate surface area is 170 Å². The molecule has 0 atom stereocenters. The molecule has 3 aromatic rings. The van der Waals surface area contributed by atoms with Gasteiger partial charge in [0.1, 0.15) is 11.5 Å². The molecule has 0 saturated carbocycles. The van der Waals surface area contributed by atoms with Crippen LogP contribution in [0.2, 0.25) is 0 Å². The molecular formula is C21H22N4O2S. The van der Waals surface area contributed by atoms with Crippen LogP contribution < -0.4 is 14.8 Å². The molecule has 0 fully saturated rings. The fourth-order valence-electron chi connectivity index (χ4n) is 2.68. The number of pyridine rings is 2. The summed E-state index contributed by atoms with van der Waals surface area (Å²) in [6, 6.07) is 17.2. The van der Waals surface area contributed by atoms with E-state index in [0.717, 1.165) is 17.1 Å². The van der Waals surface area contributed by atoms with Gasteiger partial charge in [-0.05, 0) is 48.6 Å². The van der Waals surface area contributed by atoms with Crippen molar-refractivity contribution in [2.24, 2.45) is 0 Å². The first-order chi connectivity index (χ1) is 13.7. The Morgan fingerprint density at radius 2 is 1.57 bits per heavy atom. The lowest BCUT2D eigenvalue weighted by Crippen LogP contribution is -2.34. The molecule has 0 radical (unpaired) electrons. The fourth-order valence-corrected chi connectivity index (χ4v) is 2.92. The molecule has 3 rings (SSSR count). The predicted octanol–water partition coefficient (Wildman–Crippen LogP) is 3.89. The Morgan fingerprint density at radius 1 is 0.929 bits per heavy atom. The highest BCUT2D eigenvalue weighted by Gasteiger charge is 2.15. The number of methoxy groups -OCH3 is 2. The van der Waals surface area contributed by atoms with Crippen LogP contribution in [0.15, 0.2) is 67.0 Å². The topological polar surface area (TPSA) is 59.5 Å². The number of rotatable bonds is 7. The third kappa shape index (κ3) is 5.17. The average molecular weight is 395 g/mol. The van der Waals surface area contributed by atoms with Gasteiger partial charge in [-0.25, -0.2) is 0 Å². The Hall–Kier alpha value is -3.19. The molecule has 0 aliphatic heterocycles. The molecule has 0 aliphatic rings. The van der Waals surface area contributed by atoms with Gasteiger partial charge >= 0.3 is 0 Å². The maximum atomic E-state index is 5.71. The van der Waals surface area contributed by atoms with E-state index >= 15 is 0 Å². The van der Waals surface area contributed by atoms with Crippen molar-refractivity contribution in [2.75, 3.05) is 19.5 Å². The maximum absolute atomic E-state index is 5.71. The van der Waals surface area contributed by atoms with Gasteiger partial charge in [0.05, 0.1) is 44.4 Å². The number of thiocarbonyl (C=S) groups is 1. The van der Waals surface area contributed by atoms with Gasteiger partial charge in [0, 0.05) is 18.5 Å². The van der Waals surface area contributed by atoms with E-state index in [-0.39, 0.29) is 0 Å². The van der Waals surface area contributed by atoms with Crippen LogP contribution in [0.1, 0.15) is 11.4 Å². The van der Waals surface area contributed by atoms with Crippen molar-refractivity contribution in [1.29, 1.82) is 0 Å². The largest absolute Gasteiger partial charge is 0.497 e. The van der Waals surface area contributed by atoms with Gasteiger partial charge in [-0.15, -0.1) is 0 Å². The summed E-state index contributed by atoms with van der Waals surface area (Å²) in [5, 5.41) is 3.82. The van der Waals surface area contributed by atoms with Crippen molar-refractivity contribution < 1.29 is 9.47 Å². The summed E-state index contributed by atoms with van der Waals surface area (Å²) in [6.45, 7) is 1.10. The van der Waals surface area contributed by atoms with Crippen LogP contribution >= 0.6 is 12.2 Å². The molecule has 7 heteroatoms. The predicted molar refractivity (Wildman–Crippen MR) is 113 cm³/mol. The van der Waals surface area contributed by atoms with Gasteiger partial charge in [-0.2, -0.15) is 0 Å². The van der Waals surface area contributed by atoms with Gasteiger partial charge in [0.2, 0.25) is 0 Å². The first-order valence-electron chi connectivity index (χ1n) is 8.77.